The van der Waals surface area contributed by atoms with Crippen LogP contribution in [0.4, 0.5) is 0 Å². The number of aromatic nitrogens is 1. The molecule has 3 heterocycles. The molecule has 178 valence electrons. The molecule has 0 radical (unpaired) electrons. The summed E-state index contributed by atoms with van der Waals surface area (Å²) < 4.78 is 0. The lowest BCUT2D eigenvalue weighted by Gasteiger charge is -2.29. The molecule has 0 spiro atoms. The average Bonchev–Trinajstić information content (AvgIpc) is 3.49. The van der Waals surface area contributed by atoms with E-state index in [1.54, 1.807) is 0 Å². The summed E-state index contributed by atoms with van der Waals surface area (Å²) in [5.74, 6) is -3.65. The molecule has 32 heavy (non-hydrogen) atoms. The molecule has 0 amide bonds. The molecule has 2 aliphatic rings. The highest BCUT2D eigenvalue weighted by molar-refractivity contribution is 7.80. The predicted molar refractivity (Wildman–Crippen MR) is 127 cm³/mol. The second kappa shape index (κ2) is 14.7. The van der Waals surface area contributed by atoms with Gasteiger partial charge in [0.05, 0.1) is 0 Å². The van der Waals surface area contributed by atoms with Crippen LogP contribution < -0.4 is 5.32 Å². The summed E-state index contributed by atoms with van der Waals surface area (Å²) in [5, 5.41) is 19.1. The van der Waals surface area contributed by atoms with E-state index < -0.39 is 11.9 Å². The van der Waals surface area contributed by atoms with Crippen molar-refractivity contribution in [1.29, 1.82) is 0 Å². The Morgan fingerprint density at radius 3 is 1.94 bits per heavy atom. The first-order chi connectivity index (χ1) is 15.5. The highest BCUT2D eigenvalue weighted by Gasteiger charge is 2.17. The molecule has 0 unspecified atom stereocenters. The van der Waals surface area contributed by atoms with E-state index >= 15 is 0 Å². The Bertz CT molecular complexity index is 678. The summed E-state index contributed by atoms with van der Waals surface area (Å²) in [4.78, 5) is 30.1. The Hall–Kier alpha value is -2.30. The van der Waals surface area contributed by atoms with Crippen molar-refractivity contribution in [3.8, 4) is 0 Å². The number of pyridine rings is 1. The zero-order chi connectivity index (χ0) is 23.2. The maximum absolute atomic E-state index is 9.10. The van der Waals surface area contributed by atoms with Crippen molar-refractivity contribution in [2.45, 2.75) is 32.1 Å². The number of carbonyl (C=O) groups is 2. The third-order valence-electron chi connectivity index (χ3n) is 5.62. The number of nitrogens with zero attached hydrogens (tertiary/aromatic N) is 4. The fourth-order valence-electron chi connectivity index (χ4n) is 3.81. The topological polar surface area (TPSA) is 109 Å². The molecule has 0 aliphatic carbocycles. The van der Waals surface area contributed by atoms with Crippen molar-refractivity contribution >= 4 is 29.3 Å². The van der Waals surface area contributed by atoms with Gasteiger partial charge in [-0.25, -0.2) is 9.59 Å². The number of rotatable bonds is 9. The lowest BCUT2D eigenvalue weighted by atomic mass is 10.3. The quantitative estimate of drug-likeness (QED) is 0.363. The number of hydrogen-bond acceptors (Lipinski definition) is 6. The monoisotopic (exact) mass is 465 g/mol. The largest absolute Gasteiger partial charge is 0.473 e. The molecule has 1 aromatic rings. The third kappa shape index (κ3) is 10.3. The van der Waals surface area contributed by atoms with Gasteiger partial charge in [0.25, 0.3) is 0 Å². The first-order valence-electron chi connectivity index (χ1n) is 11.3. The van der Waals surface area contributed by atoms with Crippen LogP contribution >= 0.6 is 12.2 Å². The van der Waals surface area contributed by atoms with Gasteiger partial charge in [0, 0.05) is 51.0 Å². The first-order valence-corrected chi connectivity index (χ1v) is 11.7. The van der Waals surface area contributed by atoms with Crippen molar-refractivity contribution in [1.82, 2.24) is 25.0 Å². The van der Waals surface area contributed by atoms with Gasteiger partial charge in [0.1, 0.15) is 0 Å². The number of likely N-dealkylation sites (tertiary alicyclic amines) is 2. The number of carboxylic acid groups (broad SMARTS) is 2. The highest BCUT2D eigenvalue weighted by atomic mass is 32.1. The van der Waals surface area contributed by atoms with Crippen molar-refractivity contribution in [2.75, 3.05) is 58.9 Å². The third-order valence-corrected chi connectivity index (χ3v) is 6.03. The van der Waals surface area contributed by atoms with Crippen LogP contribution in [-0.4, -0.2) is 106 Å². The van der Waals surface area contributed by atoms with E-state index in [4.69, 9.17) is 32.0 Å². The maximum Gasteiger partial charge on any atom is 0.414 e. The summed E-state index contributed by atoms with van der Waals surface area (Å²) in [6, 6.07) is 6.07. The van der Waals surface area contributed by atoms with E-state index in [0.29, 0.717) is 0 Å². The number of carboxylic acids is 2. The summed E-state index contributed by atoms with van der Waals surface area (Å²) in [6.45, 7) is 10.2. The Morgan fingerprint density at radius 2 is 1.50 bits per heavy atom. The number of hydrogen-bond donors (Lipinski definition) is 3. The van der Waals surface area contributed by atoms with Gasteiger partial charge in [-0.3, -0.25) is 4.98 Å². The Morgan fingerprint density at radius 1 is 0.969 bits per heavy atom. The van der Waals surface area contributed by atoms with Crippen LogP contribution in [0.3, 0.4) is 0 Å². The molecule has 3 rings (SSSR count). The normalized spacial score (nSPS) is 16.2. The fraction of sp³-hybridized carbons (Fsp3) is 0.636. The molecule has 1 aromatic heterocycles. The van der Waals surface area contributed by atoms with Crippen LogP contribution in [0.1, 0.15) is 31.4 Å². The van der Waals surface area contributed by atoms with E-state index in [9.17, 15) is 0 Å². The Labute approximate surface area is 195 Å². The van der Waals surface area contributed by atoms with Crippen LogP contribution in [0.15, 0.2) is 24.4 Å². The minimum Gasteiger partial charge on any atom is -0.473 e. The molecule has 10 heteroatoms. The Balaban J connectivity index is 0.000000534. The lowest BCUT2D eigenvalue weighted by Crippen LogP contribution is -2.46. The zero-order valence-electron chi connectivity index (χ0n) is 18.6. The van der Waals surface area contributed by atoms with Crippen LogP contribution in [0.5, 0.6) is 0 Å². The molecule has 3 N–H and O–H groups in total. The molecular weight excluding hydrogens is 430 g/mol. The summed E-state index contributed by atoms with van der Waals surface area (Å²) in [6.07, 6.45) is 8.15. The first kappa shape index (κ1) is 26.0. The van der Waals surface area contributed by atoms with Gasteiger partial charge in [-0.1, -0.05) is 6.07 Å². The van der Waals surface area contributed by atoms with Gasteiger partial charge in [0.15, 0.2) is 5.11 Å². The van der Waals surface area contributed by atoms with E-state index in [1.807, 2.05) is 18.3 Å². The molecule has 0 atom stereocenters. The van der Waals surface area contributed by atoms with Crippen molar-refractivity contribution in [3.05, 3.63) is 30.1 Å². The molecule has 0 saturated carbocycles. The lowest BCUT2D eigenvalue weighted by molar-refractivity contribution is -0.159. The van der Waals surface area contributed by atoms with Gasteiger partial charge < -0.3 is 30.2 Å². The predicted octanol–water partition coefficient (Wildman–Crippen LogP) is 1.15. The van der Waals surface area contributed by atoms with E-state index in [0.717, 1.165) is 50.0 Å². The molecule has 0 aromatic carbocycles. The number of aliphatic carboxylic acids is 2. The highest BCUT2D eigenvalue weighted by Crippen LogP contribution is 2.09. The van der Waals surface area contributed by atoms with Crippen LogP contribution in [0, 0.1) is 0 Å². The number of thiocarbonyl (C=S) groups is 1. The molecule has 2 saturated heterocycles. The molecule has 2 fully saturated rings. The fourth-order valence-corrected chi connectivity index (χ4v) is 4.09. The molecule has 9 nitrogen and oxygen atoms in total. The zero-order valence-corrected chi connectivity index (χ0v) is 19.4. The summed E-state index contributed by atoms with van der Waals surface area (Å²) in [7, 11) is 0. The summed E-state index contributed by atoms with van der Waals surface area (Å²) in [5.41, 5.74) is 1.11. The van der Waals surface area contributed by atoms with E-state index in [1.165, 1.54) is 51.9 Å². The van der Waals surface area contributed by atoms with Gasteiger partial charge in [0.2, 0.25) is 0 Å². The van der Waals surface area contributed by atoms with Gasteiger partial charge in [-0.05, 0) is 76.2 Å². The van der Waals surface area contributed by atoms with Crippen LogP contribution in [-0.2, 0) is 16.0 Å². The van der Waals surface area contributed by atoms with E-state index in [2.05, 4.69) is 31.1 Å². The van der Waals surface area contributed by atoms with Crippen LogP contribution in [0.25, 0.3) is 0 Å². The SMILES string of the molecule is O=C(O)C(=O)O.S=C(NCCc1ccccn1)N(CCN1CCCC1)CCN1CCCC1. The standard InChI is InChI=1S/C20H33N5S.C2H2O4/c26-20(22-10-8-19-7-1-2-9-21-19)25(17-15-23-11-3-4-12-23)18-16-24-13-5-6-14-24;3-1(4)2(5)6/h1-2,7,9H,3-6,8,10-18H2,(H,22,26);(H,3,4)(H,5,6). The van der Waals surface area contributed by atoms with Gasteiger partial charge >= 0.3 is 11.9 Å². The molecule has 0 bridgehead atoms. The minimum absolute atomic E-state index is 0.847. The van der Waals surface area contributed by atoms with Gasteiger partial charge in [-0.2, -0.15) is 0 Å². The summed E-state index contributed by atoms with van der Waals surface area (Å²) >= 11 is 5.73. The number of nitrogens with one attached hydrogen (secondary N) is 1. The second-order valence-corrected chi connectivity index (χ2v) is 8.38. The van der Waals surface area contributed by atoms with Crippen molar-refractivity contribution in [2.24, 2.45) is 0 Å². The van der Waals surface area contributed by atoms with Gasteiger partial charge in [-0.15, -0.1) is 0 Å². The minimum atomic E-state index is -1.82. The molecular formula is C22H35N5O4S. The van der Waals surface area contributed by atoms with Crippen LogP contribution in [0.2, 0.25) is 0 Å². The smallest absolute Gasteiger partial charge is 0.414 e. The van der Waals surface area contributed by atoms with Crippen molar-refractivity contribution < 1.29 is 19.8 Å². The molecule has 2 aliphatic heterocycles. The van der Waals surface area contributed by atoms with E-state index in [-0.39, 0.29) is 0 Å². The Kier molecular flexibility index (Phi) is 11.9. The second-order valence-electron chi connectivity index (χ2n) is 8.00. The average molecular weight is 466 g/mol. The maximum atomic E-state index is 9.10. The van der Waals surface area contributed by atoms with Crippen molar-refractivity contribution in [3.63, 3.8) is 0 Å².